The van der Waals surface area contributed by atoms with Gasteiger partial charge < -0.3 is 15.3 Å². The van der Waals surface area contributed by atoms with Crippen molar-refractivity contribution in [3.05, 3.63) is 30.1 Å². The zero-order valence-corrected chi connectivity index (χ0v) is 13.4. The summed E-state index contributed by atoms with van der Waals surface area (Å²) in [5.74, 6) is -0.478. The molecule has 1 aromatic rings. The van der Waals surface area contributed by atoms with Crippen LogP contribution in [0.15, 0.2) is 24.3 Å². The van der Waals surface area contributed by atoms with Crippen LogP contribution in [0.5, 0.6) is 0 Å². The molecule has 1 aliphatic carbocycles. The maximum absolute atomic E-state index is 13.4. The van der Waals surface area contributed by atoms with Gasteiger partial charge in [-0.3, -0.25) is 4.79 Å². The average molecular weight is 320 g/mol. The van der Waals surface area contributed by atoms with Crippen molar-refractivity contribution in [2.45, 2.75) is 56.6 Å². The number of aliphatic hydroxyl groups is 1. The fourth-order valence-corrected chi connectivity index (χ4v) is 3.69. The number of hydrogen-bond acceptors (Lipinski definition) is 3. The van der Waals surface area contributed by atoms with Crippen molar-refractivity contribution in [3.8, 4) is 0 Å². The number of nitrogens with zero attached hydrogens (tertiary/aromatic N) is 1. The van der Waals surface area contributed by atoms with Gasteiger partial charge in [-0.25, -0.2) is 4.39 Å². The molecule has 1 amide bonds. The summed E-state index contributed by atoms with van der Waals surface area (Å²) in [6.07, 6.45) is 5.85. The molecule has 1 saturated carbocycles. The van der Waals surface area contributed by atoms with E-state index in [2.05, 4.69) is 10.2 Å². The van der Waals surface area contributed by atoms with Crippen molar-refractivity contribution in [2.75, 3.05) is 18.0 Å². The molecule has 0 aromatic heterocycles. The molecule has 0 spiro atoms. The summed E-state index contributed by atoms with van der Waals surface area (Å²) in [5.41, 5.74) is -0.348. The predicted molar refractivity (Wildman–Crippen MR) is 87.8 cm³/mol. The summed E-state index contributed by atoms with van der Waals surface area (Å²) in [7, 11) is 0. The number of carbonyl (C=O) groups is 1. The topological polar surface area (TPSA) is 52.6 Å². The second-order valence-electron chi connectivity index (χ2n) is 6.83. The molecule has 1 aromatic carbocycles. The molecule has 0 bridgehead atoms. The summed E-state index contributed by atoms with van der Waals surface area (Å²) in [4.78, 5) is 14.5. The quantitative estimate of drug-likeness (QED) is 0.900. The Labute approximate surface area is 136 Å². The first-order chi connectivity index (χ1) is 11.1. The van der Waals surface area contributed by atoms with E-state index in [4.69, 9.17) is 0 Å². The minimum Gasteiger partial charge on any atom is -0.380 e. The van der Waals surface area contributed by atoms with Gasteiger partial charge in [0.05, 0.1) is 0 Å². The first kappa shape index (κ1) is 16.2. The van der Waals surface area contributed by atoms with Crippen LogP contribution in [0.25, 0.3) is 0 Å². The van der Waals surface area contributed by atoms with Gasteiger partial charge in [0, 0.05) is 24.8 Å². The van der Waals surface area contributed by atoms with Crippen LogP contribution in [0.3, 0.4) is 0 Å². The van der Waals surface area contributed by atoms with Crippen molar-refractivity contribution in [1.29, 1.82) is 0 Å². The van der Waals surface area contributed by atoms with E-state index in [0.717, 1.165) is 44.3 Å². The molecular weight excluding hydrogens is 295 g/mol. The number of halogens is 1. The monoisotopic (exact) mass is 320 g/mol. The van der Waals surface area contributed by atoms with Crippen LogP contribution in [-0.2, 0) is 4.79 Å². The Morgan fingerprint density at radius 2 is 2.04 bits per heavy atom. The second kappa shape index (κ2) is 6.87. The Morgan fingerprint density at radius 1 is 1.26 bits per heavy atom. The summed E-state index contributed by atoms with van der Waals surface area (Å²) >= 11 is 0. The lowest BCUT2D eigenvalue weighted by Gasteiger charge is -2.37. The molecule has 1 aliphatic heterocycles. The lowest BCUT2D eigenvalue weighted by molar-refractivity contribution is -0.143. The van der Waals surface area contributed by atoms with Crippen molar-refractivity contribution in [2.24, 2.45) is 0 Å². The molecule has 5 heteroatoms. The first-order valence-electron chi connectivity index (χ1n) is 8.61. The average Bonchev–Trinajstić information content (AvgIpc) is 2.56. The van der Waals surface area contributed by atoms with E-state index >= 15 is 0 Å². The molecule has 23 heavy (non-hydrogen) atoms. The summed E-state index contributed by atoms with van der Waals surface area (Å²) in [6, 6.07) is 6.56. The van der Waals surface area contributed by atoms with Crippen molar-refractivity contribution in [3.63, 3.8) is 0 Å². The van der Waals surface area contributed by atoms with Crippen molar-refractivity contribution < 1.29 is 14.3 Å². The Balaban J connectivity index is 1.61. The van der Waals surface area contributed by atoms with E-state index in [0.29, 0.717) is 19.4 Å². The van der Waals surface area contributed by atoms with Gasteiger partial charge in [-0.05, 0) is 43.9 Å². The number of amides is 1. The molecule has 4 nitrogen and oxygen atoms in total. The Morgan fingerprint density at radius 3 is 2.78 bits per heavy atom. The highest BCUT2D eigenvalue weighted by molar-refractivity contribution is 5.85. The van der Waals surface area contributed by atoms with Gasteiger partial charge in [0.15, 0.2) is 0 Å². The summed E-state index contributed by atoms with van der Waals surface area (Å²) < 4.78 is 13.4. The number of hydrogen-bond donors (Lipinski definition) is 2. The highest BCUT2D eigenvalue weighted by Crippen LogP contribution is 2.29. The predicted octanol–water partition coefficient (Wildman–Crippen LogP) is 2.61. The lowest BCUT2D eigenvalue weighted by Crippen LogP contribution is -2.55. The van der Waals surface area contributed by atoms with E-state index < -0.39 is 5.60 Å². The zero-order valence-electron chi connectivity index (χ0n) is 13.4. The molecule has 2 N–H and O–H groups in total. The summed E-state index contributed by atoms with van der Waals surface area (Å²) in [5, 5.41) is 13.5. The molecule has 1 atom stereocenters. The molecular formula is C18H25FN2O2. The van der Waals surface area contributed by atoms with Crippen molar-refractivity contribution >= 4 is 11.6 Å². The molecule has 1 heterocycles. The molecule has 2 fully saturated rings. The fourth-order valence-electron chi connectivity index (χ4n) is 3.69. The first-order valence-corrected chi connectivity index (χ1v) is 8.61. The van der Waals surface area contributed by atoms with Gasteiger partial charge >= 0.3 is 0 Å². The normalized spacial score (nSPS) is 24.3. The minimum atomic E-state index is -1.20. The number of benzene rings is 1. The number of anilines is 1. The summed E-state index contributed by atoms with van der Waals surface area (Å²) in [6.45, 7) is 1.52. The van der Waals surface area contributed by atoms with Gasteiger partial charge in [-0.2, -0.15) is 0 Å². The van der Waals surface area contributed by atoms with E-state index in [1.54, 1.807) is 6.07 Å². The van der Waals surface area contributed by atoms with Crippen LogP contribution in [0, 0.1) is 5.82 Å². The molecule has 2 aliphatic rings. The Bertz CT molecular complexity index is 558. The highest BCUT2D eigenvalue weighted by atomic mass is 19.1. The van der Waals surface area contributed by atoms with Crippen LogP contribution in [0.4, 0.5) is 10.1 Å². The lowest BCUT2D eigenvalue weighted by atomic mass is 9.84. The van der Waals surface area contributed by atoms with Gasteiger partial charge in [-0.15, -0.1) is 0 Å². The molecule has 0 radical (unpaired) electrons. The van der Waals surface area contributed by atoms with Gasteiger partial charge in [0.1, 0.15) is 11.4 Å². The van der Waals surface area contributed by atoms with Crippen LogP contribution in [0.1, 0.15) is 44.9 Å². The van der Waals surface area contributed by atoms with Gasteiger partial charge in [-0.1, -0.05) is 25.3 Å². The third-order valence-corrected chi connectivity index (χ3v) is 5.03. The number of carbonyl (C=O) groups excluding carboxylic acids is 1. The van der Waals surface area contributed by atoms with Crippen LogP contribution < -0.4 is 10.2 Å². The standard InChI is InChI=1S/C18H25FN2O2/c19-14-6-4-8-16(12-14)21-11-5-7-15(13-21)20-17(22)18(23)9-2-1-3-10-18/h4,6,8,12,15,23H,1-3,5,7,9-11,13H2,(H,20,22). The van der Waals surface area contributed by atoms with E-state index in [-0.39, 0.29) is 17.8 Å². The largest absolute Gasteiger partial charge is 0.380 e. The van der Waals surface area contributed by atoms with Crippen LogP contribution in [0.2, 0.25) is 0 Å². The highest BCUT2D eigenvalue weighted by Gasteiger charge is 2.38. The van der Waals surface area contributed by atoms with Crippen LogP contribution in [-0.4, -0.2) is 35.7 Å². The maximum atomic E-state index is 13.4. The maximum Gasteiger partial charge on any atom is 0.252 e. The van der Waals surface area contributed by atoms with E-state index in [9.17, 15) is 14.3 Å². The van der Waals surface area contributed by atoms with Gasteiger partial charge in [0.25, 0.3) is 5.91 Å². The molecule has 126 valence electrons. The third-order valence-electron chi connectivity index (χ3n) is 5.03. The van der Waals surface area contributed by atoms with E-state index in [1.807, 2.05) is 6.07 Å². The molecule has 1 unspecified atom stereocenters. The molecule has 3 rings (SSSR count). The zero-order chi connectivity index (χ0) is 16.3. The fraction of sp³-hybridized carbons (Fsp3) is 0.611. The number of rotatable bonds is 3. The smallest absolute Gasteiger partial charge is 0.252 e. The van der Waals surface area contributed by atoms with Crippen LogP contribution >= 0.6 is 0 Å². The van der Waals surface area contributed by atoms with Gasteiger partial charge in [0.2, 0.25) is 0 Å². The number of nitrogens with one attached hydrogen (secondary N) is 1. The minimum absolute atomic E-state index is 0.00506. The Hall–Kier alpha value is -1.62. The number of piperidine rings is 1. The second-order valence-corrected chi connectivity index (χ2v) is 6.83. The SMILES string of the molecule is O=C(NC1CCCN(c2cccc(F)c2)C1)C1(O)CCCCC1. The Kier molecular flexibility index (Phi) is 4.85. The third kappa shape index (κ3) is 3.83. The van der Waals surface area contributed by atoms with Crippen molar-refractivity contribution in [1.82, 2.24) is 5.32 Å². The molecule has 1 saturated heterocycles. The van der Waals surface area contributed by atoms with E-state index in [1.165, 1.54) is 12.1 Å².